The number of β-amino-alcohol motifs (C(OH)–C–C–N with tert-alkyl or cyclic N) is 1. The van der Waals surface area contributed by atoms with Crippen LogP contribution < -0.4 is 10.1 Å². The van der Waals surface area contributed by atoms with E-state index in [2.05, 4.69) is 49.5 Å². The van der Waals surface area contributed by atoms with Gasteiger partial charge in [0.1, 0.15) is 24.5 Å². The number of esters is 1. The van der Waals surface area contributed by atoms with Gasteiger partial charge in [-0.15, -0.1) is 0 Å². The number of nitriles is 1. The summed E-state index contributed by atoms with van der Waals surface area (Å²) in [5, 5.41) is 23.5. The van der Waals surface area contributed by atoms with Crippen molar-refractivity contribution in [2.24, 2.45) is 5.92 Å². The van der Waals surface area contributed by atoms with Gasteiger partial charge >= 0.3 is 5.97 Å². The first-order valence-electron chi connectivity index (χ1n) is 12.5. The lowest BCUT2D eigenvalue weighted by Crippen LogP contribution is -2.46. The van der Waals surface area contributed by atoms with E-state index in [9.17, 15) is 15.2 Å². The van der Waals surface area contributed by atoms with Crippen molar-refractivity contribution < 1.29 is 19.4 Å². The van der Waals surface area contributed by atoms with E-state index in [-0.39, 0.29) is 30.6 Å². The molecule has 0 unspecified atom stereocenters. The minimum absolute atomic E-state index is 0.0749. The van der Waals surface area contributed by atoms with Gasteiger partial charge in [0.2, 0.25) is 0 Å². The molecule has 0 fully saturated rings. The highest BCUT2D eigenvalue weighted by atomic mass is 16.5. The number of hydrogen-bond donors (Lipinski definition) is 2. The molecule has 0 aliphatic heterocycles. The quantitative estimate of drug-likeness (QED) is 0.441. The van der Waals surface area contributed by atoms with E-state index in [1.165, 1.54) is 11.1 Å². The SMILES string of the molecule is CC(C)OC(=O)CCc1ccc(C#N)c(OC[C@@H](O)CNC(C)(C)CC2Cc3ccccc3C2)c1. The van der Waals surface area contributed by atoms with Crippen LogP contribution in [-0.4, -0.2) is 42.0 Å². The topological polar surface area (TPSA) is 91.6 Å². The predicted octanol–water partition coefficient (Wildman–Crippen LogP) is 4.36. The van der Waals surface area contributed by atoms with Gasteiger partial charge in [0.05, 0.1) is 11.7 Å². The normalized spacial score (nSPS) is 14.4. The van der Waals surface area contributed by atoms with Gasteiger partial charge < -0.3 is 19.9 Å². The van der Waals surface area contributed by atoms with Crippen molar-refractivity contribution >= 4 is 5.97 Å². The number of aryl methyl sites for hydroxylation is 1. The molecule has 35 heavy (non-hydrogen) atoms. The Morgan fingerprint density at radius 3 is 2.51 bits per heavy atom. The molecule has 0 bridgehead atoms. The van der Waals surface area contributed by atoms with Gasteiger partial charge in [0.25, 0.3) is 0 Å². The fourth-order valence-electron chi connectivity index (χ4n) is 4.73. The number of carbonyl (C=O) groups is 1. The van der Waals surface area contributed by atoms with Gasteiger partial charge in [0.15, 0.2) is 0 Å². The Morgan fingerprint density at radius 1 is 1.20 bits per heavy atom. The Balaban J connectivity index is 1.46. The van der Waals surface area contributed by atoms with Crippen molar-refractivity contribution in [2.45, 2.75) is 77.5 Å². The summed E-state index contributed by atoms with van der Waals surface area (Å²) in [4.78, 5) is 11.8. The Bertz CT molecular complexity index is 1020. The zero-order valence-corrected chi connectivity index (χ0v) is 21.3. The number of ether oxygens (including phenoxy) is 2. The lowest BCUT2D eigenvalue weighted by Gasteiger charge is -2.30. The number of rotatable bonds is 12. The average molecular weight is 479 g/mol. The van der Waals surface area contributed by atoms with Crippen LogP contribution in [0, 0.1) is 17.2 Å². The van der Waals surface area contributed by atoms with Gasteiger partial charge in [-0.25, -0.2) is 0 Å². The molecular formula is C29H38N2O4. The molecule has 6 heteroatoms. The number of nitrogens with one attached hydrogen (secondary N) is 1. The first kappa shape index (κ1) is 26.7. The molecule has 6 nitrogen and oxygen atoms in total. The molecule has 2 aromatic rings. The van der Waals surface area contributed by atoms with Crippen LogP contribution in [0.2, 0.25) is 0 Å². The van der Waals surface area contributed by atoms with E-state index >= 15 is 0 Å². The summed E-state index contributed by atoms with van der Waals surface area (Å²) in [6.45, 7) is 8.46. The van der Waals surface area contributed by atoms with E-state index in [1.54, 1.807) is 12.1 Å². The van der Waals surface area contributed by atoms with E-state index in [0.29, 0.717) is 30.2 Å². The second-order valence-corrected chi connectivity index (χ2v) is 10.5. The van der Waals surface area contributed by atoms with Gasteiger partial charge in [-0.2, -0.15) is 5.26 Å². The van der Waals surface area contributed by atoms with Crippen molar-refractivity contribution in [3.8, 4) is 11.8 Å². The minimum Gasteiger partial charge on any atom is -0.489 e. The second-order valence-electron chi connectivity index (χ2n) is 10.5. The van der Waals surface area contributed by atoms with Crippen LogP contribution in [0.5, 0.6) is 5.75 Å². The summed E-state index contributed by atoms with van der Waals surface area (Å²) in [7, 11) is 0. The molecule has 0 heterocycles. The zero-order chi connectivity index (χ0) is 25.4. The van der Waals surface area contributed by atoms with Crippen LogP contribution in [0.25, 0.3) is 0 Å². The highest BCUT2D eigenvalue weighted by Crippen LogP contribution is 2.31. The van der Waals surface area contributed by atoms with Crippen LogP contribution in [0.4, 0.5) is 0 Å². The standard InChI is InChI=1S/C29H38N2O4/c1-20(2)35-28(33)12-10-21-9-11-25(17-30)27(15-21)34-19-26(32)18-31-29(3,4)16-22-13-23-7-5-6-8-24(23)14-22/h5-9,11,15,20,22,26,31-32H,10,12-14,16,18-19H2,1-4H3/t26-/m0/s1. The molecule has 0 saturated carbocycles. The van der Waals surface area contributed by atoms with Crippen molar-refractivity contribution in [3.05, 3.63) is 64.7 Å². The van der Waals surface area contributed by atoms with Crippen molar-refractivity contribution in [3.63, 3.8) is 0 Å². The first-order chi connectivity index (χ1) is 16.6. The monoisotopic (exact) mass is 478 g/mol. The number of aliphatic hydroxyl groups excluding tert-OH is 1. The number of aliphatic hydroxyl groups is 1. The van der Waals surface area contributed by atoms with Gasteiger partial charge in [-0.3, -0.25) is 4.79 Å². The number of fused-ring (bicyclic) bond motifs is 1. The van der Waals surface area contributed by atoms with E-state index < -0.39 is 6.10 Å². The lowest BCUT2D eigenvalue weighted by molar-refractivity contribution is -0.147. The van der Waals surface area contributed by atoms with Crippen LogP contribution in [0.3, 0.4) is 0 Å². The van der Waals surface area contributed by atoms with Gasteiger partial charge in [-0.05, 0) is 88.1 Å². The third-order valence-electron chi connectivity index (χ3n) is 6.33. The third kappa shape index (κ3) is 8.38. The van der Waals surface area contributed by atoms with Crippen LogP contribution in [-0.2, 0) is 28.8 Å². The lowest BCUT2D eigenvalue weighted by atomic mass is 9.88. The first-order valence-corrected chi connectivity index (χ1v) is 12.5. The number of benzene rings is 2. The van der Waals surface area contributed by atoms with Gasteiger partial charge in [0, 0.05) is 18.5 Å². The maximum Gasteiger partial charge on any atom is 0.306 e. The van der Waals surface area contributed by atoms with Crippen molar-refractivity contribution in [1.82, 2.24) is 5.32 Å². The molecule has 0 radical (unpaired) electrons. The second kappa shape index (κ2) is 12.2. The molecular weight excluding hydrogens is 440 g/mol. The molecule has 0 saturated heterocycles. The molecule has 0 aromatic heterocycles. The number of hydrogen-bond acceptors (Lipinski definition) is 6. The van der Waals surface area contributed by atoms with E-state index in [0.717, 1.165) is 24.8 Å². The van der Waals surface area contributed by atoms with Crippen molar-refractivity contribution in [2.75, 3.05) is 13.2 Å². The molecule has 1 aliphatic rings. The highest BCUT2D eigenvalue weighted by molar-refractivity contribution is 5.70. The number of nitrogens with zero attached hydrogens (tertiary/aromatic N) is 1. The summed E-state index contributed by atoms with van der Waals surface area (Å²) in [5.41, 5.74) is 4.07. The zero-order valence-electron chi connectivity index (χ0n) is 21.3. The Hall–Kier alpha value is -2.88. The van der Waals surface area contributed by atoms with Crippen LogP contribution in [0.1, 0.15) is 62.8 Å². The molecule has 0 amide bonds. The maximum absolute atomic E-state index is 11.8. The molecule has 3 rings (SSSR count). The smallest absolute Gasteiger partial charge is 0.306 e. The summed E-state index contributed by atoms with van der Waals surface area (Å²) < 4.78 is 11.0. The molecule has 0 spiro atoms. The summed E-state index contributed by atoms with van der Waals surface area (Å²) in [6, 6.07) is 16.1. The van der Waals surface area contributed by atoms with Crippen LogP contribution >= 0.6 is 0 Å². The minimum atomic E-state index is -0.716. The third-order valence-corrected chi connectivity index (χ3v) is 6.33. The van der Waals surface area contributed by atoms with Crippen molar-refractivity contribution in [1.29, 1.82) is 5.26 Å². The summed E-state index contributed by atoms with van der Waals surface area (Å²) in [6.07, 6.45) is 3.14. The fraction of sp³-hybridized carbons (Fsp3) is 0.517. The van der Waals surface area contributed by atoms with Crippen LogP contribution in [0.15, 0.2) is 42.5 Å². The molecule has 2 aromatic carbocycles. The molecule has 2 N–H and O–H groups in total. The Kier molecular flexibility index (Phi) is 9.31. The Morgan fingerprint density at radius 2 is 1.89 bits per heavy atom. The van der Waals surface area contributed by atoms with E-state index in [1.807, 2.05) is 19.9 Å². The van der Waals surface area contributed by atoms with Gasteiger partial charge in [-0.1, -0.05) is 30.3 Å². The molecule has 1 atom stereocenters. The molecule has 188 valence electrons. The largest absolute Gasteiger partial charge is 0.489 e. The average Bonchev–Trinajstić information content (AvgIpc) is 3.21. The Labute approximate surface area is 209 Å². The maximum atomic E-state index is 11.8. The molecule has 1 aliphatic carbocycles. The number of carbonyl (C=O) groups excluding carboxylic acids is 1. The predicted molar refractivity (Wildman–Crippen MR) is 136 cm³/mol. The highest BCUT2D eigenvalue weighted by Gasteiger charge is 2.28. The van der Waals surface area contributed by atoms with E-state index in [4.69, 9.17) is 9.47 Å². The fourth-order valence-corrected chi connectivity index (χ4v) is 4.73. The summed E-state index contributed by atoms with van der Waals surface area (Å²) in [5.74, 6) is 0.767. The summed E-state index contributed by atoms with van der Waals surface area (Å²) >= 11 is 0.